The lowest BCUT2D eigenvalue weighted by atomic mass is 10.1. The molecule has 1 N–H and O–H groups in total. The van der Waals surface area contributed by atoms with Gasteiger partial charge in [0.05, 0.1) is 12.3 Å². The molecule has 1 aromatic carbocycles. The number of esters is 1. The van der Waals surface area contributed by atoms with E-state index in [2.05, 4.69) is 15.5 Å². The van der Waals surface area contributed by atoms with E-state index in [1.165, 1.54) is 16.9 Å². The first-order valence-corrected chi connectivity index (χ1v) is 9.88. The highest BCUT2D eigenvalue weighted by molar-refractivity contribution is 7.14. The molecular formula is C20H21N3O4S. The number of aromatic nitrogens is 2. The van der Waals surface area contributed by atoms with Crippen molar-refractivity contribution >= 4 is 28.3 Å². The SMILES string of the molecule is CCOC(=O)c1cc(CCCC(=O)Nc2nc(-c3ccc(C)cc3)cs2)on1. The summed E-state index contributed by atoms with van der Waals surface area (Å²) in [4.78, 5) is 28.1. The standard InChI is InChI=1S/C20H21N3O4S/c1-3-26-19(25)16-11-15(27-23-16)5-4-6-18(24)22-20-21-17(12-28-20)14-9-7-13(2)8-10-14/h7-12H,3-6H2,1-2H3,(H,21,22,24). The van der Waals surface area contributed by atoms with Crippen molar-refractivity contribution in [3.05, 3.63) is 52.7 Å². The van der Waals surface area contributed by atoms with Crippen LogP contribution in [-0.2, 0) is 16.0 Å². The van der Waals surface area contributed by atoms with Crippen LogP contribution in [0.15, 0.2) is 40.2 Å². The maximum Gasteiger partial charge on any atom is 0.360 e. The molecular weight excluding hydrogens is 378 g/mol. The molecule has 1 amide bonds. The van der Waals surface area contributed by atoms with E-state index in [4.69, 9.17) is 9.26 Å². The Hall–Kier alpha value is -3.00. The molecule has 3 rings (SSSR count). The van der Waals surface area contributed by atoms with E-state index in [0.29, 0.717) is 30.2 Å². The number of thiazole rings is 1. The number of ether oxygens (including phenoxy) is 1. The Morgan fingerprint density at radius 2 is 2.04 bits per heavy atom. The second kappa shape index (κ2) is 9.27. The first kappa shape index (κ1) is 19.8. The molecule has 8 heteroatoms. The molecule has 0 atom stereocenters. The molecule has 0 fully saturated rings. The Morgan fingerprint density at radius 3 is 2.79 bits per heavy atom. The minimum absolute atomic E-state index is 0.116. The second-order valence-electron chi connectivity index (χ2n) is 6.20. The molecule has 0 radical (unpaired) electrons. The van der Waals surface area contributed by atoms with Crippen LogP contribution in [0.25, 0.3) is 11.3 Å². The minimum atomic E-state index is -0.511. The van der Waals surface area contributed by atoms with E-state index < -0.39 is 5.97 Å². The fourth-order valence-electron chi connectivity index (χ4n) is 2.53. The van der Waals surface area contributed by atoms with Gasteiger partial charge < -0.3 is 14.6 Å². The van der Waals surface area contributed by atoms with Crippen LogP contribution in [0, 0.1) is 6.92 Å². The number of carbonyl (C=O) groups excluding carboxylic acids is 2. The Kier molecular flexibility index (Phi) is 6.54. The lowest BCUT2D eigenvalue weighted by Gasteiger charge is -2.01. The van der Waals surface area contributed by atoms with E-state index in [1.807, 2.05) is 36.6 Å². The molecule has 2 aromatic heterocycles. The fourth-order valence-corrected chi connectivity index (χ4v) is 3.26. The van der Waals surface area contributed by atoms with Crippen LogP contribution < -0.4 is 5.32 Å². The van der Waals surface area contributed by atoms with Gasteiger partial charge in [-0.3, -0.25) is 4.79 Å². The van der Waals surface area contributed by atoms with Gasteiger partial charge >= 0.3 is 5.97 Å². The fraction of sp³-hybridized carbons (Fsp3) is 0.300. The monoisotopic (exact) mass is 399 g/mol. The molecule has 28 heavy (non-hydrogen) atoms. The zero-order valence-corrected chi connectivity index (χ0v) is 16.5. The molecule has 7 nitrogen and oxygen atoms in total. The third kappa shape index (κ3) is 5.26. The quantitative estimate of drug-likeness (QED) is 0.569. The molecule has 0 spiro atoms. The van der Waals surface area contributed by atoms with Crippen LogP contribution in [0.5, 0.6) is 0 Å². The number of nitrogens with one attached hydrogen (secondary N) is 1. The Bertz CT molecular complexity index is 947. The normalized spacial score (nSPS) is 10.6. The van der Waals surface area contributed by atoms with Crippen LogP contribution in [0.2, 0.25) is 0 Å². The van der Waals surface area contributed by atoms with Gasteiger partial charge in [0.25, 0.3) is 0 Å². The van der Waals surface area contributed by atoms with Gasteiger partial charge in [0.1, 0.15) is 5.76 Å². The molecule has 0 aliphatic carbocycles. The van der Waals surface area contributed by atoms with E-state index >= 15 is 0 Å². The summed E-state index contributed by atoms with van der Waals surface area (Å²) in [5.41, 5.74) is 3.19. The van der Waals surface area contributed by atoms with Gasteiger partial charge in [-0.1, -0.05) is 35.0 Å². The molecule has 0 aliphatic heterocycles. The number of carbonyl (C=O) groups is 2. The maximum absolute atomic E-state index is 12.1. The molecule has 146 valence electrons. The van der Waals surface area contributed by atoms with Crippen molar-refractivity contribution in [1.82, 2.24) is 10.1 Å². The van der Waals surface area contributed by atoms with E-state index in [9.17, 15) is 9.59 Å². The smallest absolute Gasteiger partial charge is 0.360 e. The Balaban J connectivity index is 1.46. The average Bonchev–Trinajstić information content (AvgIpc) is 3.32. The number of aryl methyl sites for hydroxylation is 2. The van der Waals surface area contributed by atoms with Crippen molar-refractivity contribution in [3.63, 3.8) is 0 Å². The highest BCUT2D eigenvalue weighted by Crippen LogP contribution is 2.25. The van der Waals surface area contributed by atoms with Crippen LogP contribution in [0.3, 0.4) is 0 Å². The zero-order valence-electron chi connectivity index (χ0n) is 15.7. The zero-order chi connectivity index (χ0) is 19.9. The van der Waals surface area contributed by atoms with Crippen LogP contribution >= 0.6 is 11.3 Å². The van der Waals surface area contributed by atoms with Gasteiger partial charge in [0.2, 0.25) is 5.91 Å². The predicted molar refractivity (Wildman–Crippen MR) is 106 cm³/mol. The summed E-state index contributed by atoms with van der Waals surface area (Å²) in [5.74, 6) is -0.0786. The summed E-state index contributed by atoms with van der Waals surface area (Å²) >= 11 is 1.39. The van der Waals surface area contributed by atoms with E-state index in [1.54, 1.807) is 13.0 Å². The van der Waals surface area contributed by atoms with Gasteiger partial charge in [0.15, 0.2) is 10.8 Å². The van der Waals surface area contributed by atoms with Gasteiger partial charge in [-0.15, -0.1) is 11.3 Å². The lowest BCUT2D eigenvalue weighted by Crippen LogP contribution is -2.11. The average molecular weight is 399 g/mol. The summed E-state index contributed by atoms with van der Waals surface area (Å²) in [6.07, 6.45) is 1.39. The summed E-state index contributed by atoms with van der Waals surface area (Å²) < 4.78 is 9.96. The maximum atomic E-state index is 12.1. The number of anilines is 1. The third-order valence-corrected chi connectivity index (χ3v) is 4.73. The molecule has 0 saturated carbocycles. The molecule has 0 bridgehead atoms. The summed E-state index contributed by atoms with van der Waals surface area (Å²) in [6.45, 7) is 4.04. The van der Waals surface area contributed by atoms with Crippen molar-refractivity contribution in [2.45, 2.75) is 33.1 Å². The Morgan fingerprint density at radius 1 is 1.25 bits per heavy atom. The number of nitrogens with zero attached hydrogens (tertiary/aromatic N) is 2. The number of hydrogen-bond donors (Lipinski definition) is 1. The van der Waals surface area contributed by atoms with Gasteiger partial charge in [0, 0.05) is 29.9 Å². The van der Waals surface area contributed by atoms with Crippen LogP contribution in [-0.4, -0.2) is 28.6 Å². The largest absolute Gasteiger partial charge is 0.461 e. The number of hydrogen-bond acceptors (Lipinski definition) is 7. The predicted octanol–water partition coefficient (Wildman–Crippen LogP) is 4.24. The minimum Gasteiger partial charge on any atom is -0.461 e. The highest BCUT2D eigenvalue weighted by atomic mass is 32.1. The van der Waals surface area contributed by atoms with Gasteiger partial charge in [-0.05, 0) is 20.3 Å². The number of benzene rings is 1. The first-order chi connectivity index (χ1) is 13.5. The number of rotatable bonds is 8. The van der Waals surface area contributed by atoms with Gasteiger partial charge in [-0.25, -0.2) is 9.78 Å². The van der Waals surface area contributed by atoms with Gasteiger partial charge in [-0.2, -0.15) is 0 Å². The van der Waals surface area contributed by atoms with E-state index in [0.717, 1.165) is 11.3 Å². The van der Waals surface area contributed by atoms with Crippen molar-refractivity contribution in [3.8, 4) is 11.3 Å². The molecule has 3 aromatic rings. The van der Waals surface area contributed by atoms with Crippen LogP contribution in [0.4, 0.5) is 5.13 Å². The lowest BCUT2D eigenvalue weighted by molar-refractivity contribution is -0.116. The number of amides is 1. The van der Waals surface area contributed by atoms with Crippen molar-refractivity contribution in [1.29, 1.82) is 0 Å². The Labute approximate surface area is 166 Å². The topological polar surface area (TPSA) is 94.3 Å². The molecule has 0 unspecified atom stereocenters. The first-order valence-electron chi connectivity index (χ1n) is 9.00. The summed E-state index contributed by atoms with van der Waals surface area (Å²) in [5, 5.41) is 8.99. The highest BCUT2D eigenvalue weighted by Gasteiger charge is 2.14. The van der Waals surface area contributed by atoms with Crippen molar-refractivity contribution in [2.75, 3.05) is 11.9 Å². The van der Waals surface area contributed by atoms with Crippen molar-refractivity contribution in [2.24, 2.45) is 0 Å². The second-order valence-corrected chi connectivity index (χ2v) is 7.06. The van der Waals surface area contributed by atoms with Crippen LogP contribution in [0.1, 0.15) is 41.6 Å². The molecule has 0 saturated heterocycles. The summed E-state index contributed by atoms with van der Waals surface area (Å²) in [6, 6.07) is 9.63. The molecule has 2 heterocycles. The summed E-state index contributed by atoms with van der Waals surface area (Å²) in [7, 11) is 0. The third-order valence-electron chi connectivity index (χ3n) is 3.97. The molecule has 0 aliphatic rings. The van der Waals surface area contributed by atoms with Crippen molar-refractivity contribution < 1.29 is 18.8 Å². The van der Waals surface area contributed by atoms with E-state index in [-0.39, 0.29) is 18.2 Å².